The quantitative estimate of drug-likeness (QED) is 0.646. The number of anilines is 1. The lowest BCUT2D eigenvalue weighted by Gasteiger charge is -2.24. The van der Waals surface area contributed by atoms with Gasteiger partial charge in [-0.25, -0.2) is 27.6 Å². The molecule has 0 fully saturated rings. The van der Waals surface area contributed by atoms with Gasteiger partial charge in [0, 0.05) is 5.69 Å². The SMILES string of the molecule is C#CCOC1COc2c(S(=O)(=O)NC(=O)Nc3nc4c(c5c3CCC5)CCC4)cnn2C1. The Bertz CT molecular complexity index is 1230. The number of hydrogen-bond acceptors (Lipinski definition) is 7. The molecule has 1 atom stereocenters. The van der Waals surface area contributed by atoms with Gasteiger partial charge in [0.05, 0.1) is 12.7 Å². The lowest BCUT2D eigenvalue weighted by molar-refractivity contribution is 0.00159. The van der Waals surface area contributed by atoms with E-state index < -0.39 is 16.1 Å². The van der Waals surface area contributed by atoms with Crippen LogP contribution in [0.15, 0.2) is 11.1 Å². The number of aryl methyl sites for hydroxylation is 1. The average molecular weight is 458 g/mol. The summed E-state index contributed by atoms with van der Waals surface area (Å²) in [6.07, 6.45) is 11.8. The summed E-state index contributed by atoms with van der Waals surface area (Å²) in [5, 5.41) is 6.71. The molecular formula is C21H23N5O5S. The normalized spacial score (nSPS) is 18.8. The minimum atomic E-state index is -4.21. The van der Waals surface area contributed by atoms with E-state index in [0.29, 0.717) is 12.4 Å². The first-order chi connectivity index (χ1) is 15.5. The number of pyridine rings is 1. The van der Waals surface area contributed by atoms with Gasteiger partial charge in [0.2, 0.25) is 5.88 Å². The number of carbonyl (C=O) groups excluding carboxylic acids is 1. The van der Waals surface area contributed by atoms with Gasteiger partial charge in [0.25, 0.3) is 10.0 Å². The maximum absolute atomic E-state index is 12.9. The number of amides is 2. The minimum Gasteiger partial charge on any atom is -0.474 e. The van der Waals surface area contributed by atoms with Crippen molar-refractivity contribution >= 4 is 21.9 Å². The maximum Gasteiger partial charge on any atom is 0.334 e. The summed E-state index contributed by atoms with van der Waals surface area (Å²) in [5.74, 6) is 2.89. The Morgan fingerprint density at radius 3 is 2.88 bits per heavy atom. The lowest BCUT2D eigenvalue weighted by Crippen LogP contribution is -2.36. The first-order valence-electron chi connectivity index (χ1n) is 10.6. The monoisotopic (exact) mass is 457 g/mol. The Kier molecular flexibility index (Phi) is 5.27. The zero-order chi connectivity index (χ0) is 22.3. The zero-order valence-electron chi connectivity index (χ0n) is 17.4. The Morgan fingerprint density at radius 2 is 2.03 bits per heavy atom. The van der Waals surface area contributed by atoms with E-state index >= 15 is 0 Å². The fraction of sp³-hybridized carbons (Fsp3) is 0.476. The topological polar surface area (TPSA) is 124 Å². The smallest absolute Gasteiger partial charge is 0.334 e. The van der Waals surface area contributed by atoms with Crippen LogP contribution in [0.1, 0.15) is 35.2 Å². The number of rotatable bonds is 5. The Labute approximate surface area is 185 Å². The second-order valence-corrected chi connectivity index (χ2v) is 9.70. The van der Waals surface area contributed by atoms with Crippen molar-refractivity contribution in [2.75, 3.05) is 18.5 Å². The van der Waals surface area contributed by atoms with Gasteiger partial charge in [-0.15, -0.1) is 6.42 Å². The van der Waals surface area contributed by atoms with Crippen LogP contribution in [0.4, 0.5) is 10.6 Å². The van der Waals surface area contributed by atoms with E-state index in [0.717, 1.165) is 56.0 Å². The van der Waals surface area contributed by atoms with E-state index in [9.17, 15) is 13.2 Å². The van der Waals surface area contributed by atoms with Gasteiger partial charge in [-0.1, -0.05) is 5.92 Å². The molecule has 3 aliphatic rings. The predicted molar refractivity (Wildman–Crippen MR) is 114 cm³/mol. The summed E-state index contributed by atoms with van der Waals surface area (Å²) in [7, 11) is -4.21. The molecule has 0 radical (unpaired) electrons. The molecule has 2 aliphatic carbocycles. The summed E-state index contributed by atoms with van der Waals surface area (Å²) in [6.45, 7) is 0.551. The van der Waals surface area contributed by atoms with Gasteiger partial charge < -0.3 is 9.47 Å². The van der Waals surface area contributed by atoms with Crippen LogP contribution >= 0.6 is 0 Å². The first-order valence-corrected chi connectivity index (χ1v) is 12.1. The number of carbonyl (C=O) groups is 1. The maximum atomic E-state index is 12.9. The van der Waals surface area contributed by atoms with E-state index in [1.807, 2.05) is 0 Å². The number of urea groups is 1. The number of fused-ring (bicyclic) bond motifs is 4. The van der Waals surface area contributed by atoms with E-state index in [1.54, 1.807) is 0 Å². The van der Waals surface area contributed by atoms with E-state index in [2.05, 4.69) is 26.0 Å². The molecule has 32 heavy (non-hydrogen) atoms. The number of nitrogens with one attached hydrogen (secondary N) is 2. The molecule has 3 heterocycles. The largest absolute Gasteiger partial charge is 0.474 e. The number of aromatic nitrogens is 3. The standard InChI is InChI=1S/C21H23N5O5S/c1-2-9-30-13-11-26-20(31-12-13)18(10-22-26)32(28,29)25-21(27)24-19-16-7-3-5-14(16)15-6-4-8-17(15)23-19/h1,10,13H,3-9,11-12H2,(H2,23,24,25,27). The number of terminal acetylenes is 1. The fourth-order valence-corrected chi connectivity index (χ4v) is 5.62. The van der Waals surface area contributed by atoms with Gasteiger partial charge in [-0.3, -0.25) is 5.32 Å². The van der Waals surface area contributed by atoms with E-state index in [1.165, 1.54) is 15.8 Å². The van der Waals surface area contributed by atoms with Gasteiger partial charge in [-0.05, 0) is 55.2 Å². The highest BCUT2D eigenvalue weighted by Crippen LogP contribution is 2.36. The Hall–Kier alpha value is -3.10. The predicted octanol–water partition coefficient (Wildman–Crippen LogP) is 1.18. The molecule has 10 nitrogen and oxygen atoms in total. The van der Waals surface area contributed by atoms with Gasteiger partial charge in [0.15, 0.2) is 4.90 Å². The summed E-state index contributed by atoms with van der Waals surface area (Å²) in [5.41, 5.74) is 4.60. The van der Waals surface area contributed by atoms with Crippen molar-refractivity contribution in [3.63, 3.8) is 0 Å². The van der Waals surface area contributed by atoms with E-state index in [-0.39, 0.29) is 30.1 Å². The summed E-state index contributed by atoms with van der Waals surface area (Å²) in [6, 6.07) is -0.865. The molecule has 168 valence electrons. The highest BCUT2D eigenvalue weighted by atomic mass is 32.2. The molecule has 2 aromatic heterocycles. The second kappa shape index (κ2) is 8.11. The third kappa shape index (κ3) is 3.69. The summed E-state index contributed by atoms with van der Waals surface area (Å²) in [4.78, 5) is 17.0. The Morgan fingerprint density at radius 1 is 1.25 bits per heavy atom. The van der Waals surface area contributed by atoms with Crippen LogP contribution in [0.3, 0.4) is 0 Å². The molecule has 5 rings (SSSR count). The number of ether oxygens (including phenoxy) is 2. The van der Waals surface area contributed by atoms with Crippen LogP contribution in [-0.2, 0) is 47.0 Å². The van der Waals surface area contributed by atoms with Gasteiger partial charge in [0.1, 0.15) is 25.1 Å². The summed E-state index contributed by atoms with van der Waals surface area (Å²) >= 11 is 0. The van der Waals surface area contributed by atoms with Crippen LogP contribution < -0.4 is 14.8 Å². The molecule has 2 amide bonds. The lowest BCUT2D eigenvalue weighted by atomic mass is 10.0. The average Bonchev–Trinajstić information content (AvgIpc) is 3.49. The summed E-state index contributed by atoms with van der Waals surface area (Å²) < 4.78 is 40.1. The number of nitrogens with zero attached hydrogens (tertiary/aromatic N) is 3. The van der Waals surface area contributed by atoms with Gasteiger partial charge >= 0.3 is 6.03 Å². The Balaban J connectivity index is 1.32. The van der Waals surface area contributed by atoms with Crippen LogP contribution in [0, 0.1) is 12.3 Å². The molecule has 0 spiro atoms. The molecule has 2 N–H and O–H groups in total. The van der Waals surface area contributed by atoms with Crippen LogP contribution in [-0.4, -0.2) is 48.5 Å². The second-order valence-electron chi connectivity index (χ2n) is 8.05. The van der Waals surface area contributed by atoms with Crippen molar-refractivity contribution in [1.29, 1.82) is 0 Å². The number of sulfonamides is 1. The molecular weight excluding hydrogens is 434 g/mol. The third-order valence-corrected chi connectivity index (χ3v) is 7.31. The van der Waals surface area contributed by atoms with E-state index in [4.69, 9.17) is 15.9 Å². The van der Waals surface area contributed by atoms with Crippen LogP contribution in [0.2, 0.25) is 0 Å². The minimum absolute atomic E-state index is 0.0578. The molecule has 11 heteroatoms. The van der Waals surface area contributed by atoms with Crippen molar-refractivity contribution in [3.8, 4) is 18.2 Å². The molecule has 0 saturated carbocycles. The van der Waals surface area contributed by atoms with Crippen molar-refractivity contribution < 1.29 is 22.7 Å². The molecule has 1 aliphatic heterocycles. The first kappa shape index (κ1) is 20.8. The highest BCUT2D eigenvalue weighted by molar-refractivity contribution is 7.90. The molecule has 0 aromatic carbocycles. The van der Waals surface area contributed by atoms with Crippen molar-refractivity contribution in [2.24, 2.45) is 0 Å². The fourth-order valence-electron chi connectivity index (χ4n) is 4.63. The van der Waals surface area contributed by atoms with Crippen molar-refractivity contribution in [3.05, 3.63) is 28.6 Å². The van der Waals surface area contributed by atoms with Crippen molar-refractivity contribution in [2.45, 2.75) is 56.1 Å². The third-order valence-electron chi connectivity index (χ3n) is 6.00. The zero-order valence-corrected chi connectivity index (χ0v) is 18.2. The molecule has 1 unspecified atom stereocenters. The van der Waals surface area contributed by atoms with Crippen LogP contribution in [0.25, 0.3) is 0 Å². The number of hydrogen-bond donors (Lipinski definition) is 2. The van der Waals surface area contributed by atoms with Crippen LogP contribution in [0.5, 0.6) is 5.88 Å². The molecule has 0 bridgehead atoms. The highest BCUT2D eigenvalue weighted by Gasteiger charge is 2.32. The molecule has 2 aromatic rings. The van der Waals surface area contributed by atoms with Crippen molar-refractivity contribution in [1.82, 2.24) is 19.5 Å². The molecule has 0 saturated heterocycles. The van der Waals surface area contributed by atoms with Gasteiger partial charge in [-0.2, -0.15) is 5.10 Å².